The number of carbonyl (C=O) groups excluding carboxylic acids is 1. The third-order valence-electron chi connectivity index (χ3n) is 11.7. The lowest BCUT2D eigenvalue weighted by molar-refractivity contribution is -0.256. The minimum atomic E-state index is -1.48. The third kappa shape index (κ3) is 10.3. The van der Waals surface area contributed by atoms with Gasteiger partial charge in [0.25, 0.3) is 0 Å². The van der Waals surface area contributed by atoms with Crippen molar-refractivity contribution in [2.75, 3.05) is 39.3 Å². The van der Waals surface area contributed by atoms with Crippen LogP contribution in [-0.2, 0) is 20.9 Å². The maximum absolute atomic E-state index is 14.5. The Bertz CT molecular complexity index is 1960. The predicted molar refractivity (Wildman–Crippen MR) is 233 cm³/mol. The van der Waals surface area contributed by atoms with Gasteiger partial charge in [-0.15, -0.1) is 24.9 Å². The van der Waals surface area contributed by atoms with Gasteiger partial charge in [-0.25, -0.2) is 9.18 Å². The highest BCUT2D eigenvalue weighted by Crippen LogP contribution is 2.62. The summed E-state index contributed by atoms with van der Waals surface area (Å²) >= 11 is 1.66. The molecule has 6 atom stereocenters. The number of benzene rings is 3. The molecule has 6 rings (SSSR count). The van der Waals surface area contributed by atoms with Crippen molar-refractivity contribution in [3.63, 3.8) is 0 Å². The minimum absolute atomic E-state index is 0.0339. The molecule has 0 spiro atoms. The number of ether oxygens (including phenoxy) is 4. The van der Waals surface area contributed by atoms with E-state index in [1.165, 1.54) is 12.1 Å². The SMILES string of the molecule is C=CCCOC(=O)N(Cc1ccc(F)cc1)[C@H]1CC(=NOCC)C2=C[C@H](CCCCO)[C@@H](CCCCO)[C@@H]3c4cc(Oc5ccc(SC)cc5)ccc4O[C@@]1(OCC=C)[C@H]23. The number of allylic oxidation sites excluding steroid dienone is 1. The smallest absolute Gasteiger partial charge is 0.410 e. The molecule has 0 aromatic heterocycles. The second-order valence-electron chi connectivity index (χ2n) is 15.4. The van der Waals surface area contributed by atoms with E-state index in [-0.39, 0.29) is 63.0 Å². The van der Waals surface area contributed by atoms with Crippen molar-refractivity contribution < 1.29 is 43.2 Å². The zero-order chi connectivity index (χ0) is 42.5. The van der Waals surface area contributed by atoms with Crippen LogP contribution in [0.4, 0.5) is 9.18 Å². The van der Waals surface area contributed by atoms with E-state index in [1.54, 1.807) is 40.9 Å². The van der Waals surface area contributed by atoms with Gasteiger partial charge in [0.15, 0.2) is 0 Å². The van der Waals surface area contributed by atoms with Gasteiger partial charge in [0.2, 0.25) is 5.79 Å². The Kier molecular flexibility index (Phi) is 16.3. The number of aliphatic hydroxyl groups is 2. The summed E-state index contributed by atoms with van der Waals surface area (Å²) in [5.41, 5.74) is 3.23. The molecular weight excluding hydrogens is 784 g/mol. The van der Waals surface area contributed by atoms with Crippen LogP contribution in [0.3, 0.4) is 0 Å². The molecule has 0 saturated heterocycles. The molecule has 0 bridgehead atoms. The Morgan fingerprint density at radius 1 is 1.00 bits per heavy atom. The van der Waals surface area contributed by atoms with Gasteiger partial charge in [-0.3, -0.25) is 4.90 Å². The maximum atomic E-state index is 14.5. The quantitative estimate of drug-likeness (QED) is 0.0441. The topological polar surface area (TPSA) is 119 Å². The zero-order valence-electron chi connectivity index (χ0n) is 34.8. The van der Waals surface area contributed by atoms with E-state index in [1.807, 2.05) is 49.6 Å². The van der Waals surface area contributed by atoms with Crippen LogP contribution in [-0.4, -0.2) is 78.0 Å². The molecule has 1 saturated carbocycles. The molecule has 0 radical (unpaired) electrons. The summed E-state index contributed by atoms with van der Waals surface area (Å²) in [6, 6.07) is 19.1. The number of oxime groups is 1. The van der Waals surface area contributed by atoms with Gasteiger partial charge < -0.3 is 34.0 Å². The summed E-state index contributed by atoms with van der Waals surface area (Å²) in [6.45, 7) is 10.5. The van der Waals surface area contributed by atoms with Crippen molar-refractivity contribution in [2.24, 2.45) is 22.9 Å². The Labute approximate surface area is 358 Å². The van der Waals surface area contributed by atoms with E-state index in [4.69, 9.17) is 28.9 Å². The van der Waals surface area contributed by atoms with Gasteiger partial charge in [0.05, 0.1) is 24.8 Å². The average molecular weight is 843 g/mol. The Balaban J connectivity index is 1.58. The number of unbranched alkanes of at least 4 members (excludes halogenated alkanes) is 2. The molecule has 0 unspecified atom stereocenters. The molecule has 322 valence electrons. The van der Waals surface area contributed by atoms with Crippen LogP contribution in [0, 0.1) is 23.6 Å². The molecule has 3 aromatic rings. The predicted octanol–water partition coefficient (Wildman–Crippen LogP) is 10.2. The Morgan fingerprint density at radius 2 is 1.73 bits per heavy atom. The molecule has 3 aliphatic rings. The number of hydrogen-bond acceptors (Lipinski definition) is 10. The highest BCUT2D eigenvalue weighted by atomic mass is 32.2. The molecule has 1 fully saturated rings. The fraction of sp³-hybridized carbons (Fsp3) is 0.458. The van der Waals surface area contributed by atoms with E-state index in [2.05, 4.69) is 25.3 Å². The minimum Gasteiger partial charge on any atom is -0.459 e. The number of rotatable bonds is 22. The third-order valence-corrected chi connectivity index (χ3v) is 12.4. The van der Waals surface area contributed by atoms with Crippen molar-refractivity contribution in [1.29, 1.82) is 0 Å². The first kappa shape index (κ1) is 44.9. The normalized spacial score (nSPS) is 23.4. The molecule has 3 aromatic carbocycles. The first-order valence-corrected chi connectivity index (χ1v) is 22.3. The summed E-state index contributed by atoms with van der Waals surface area (Å²) in [5, 5.41) is 24.6. The summed E-state index contributed by atoms with van der Waals surface area (Å²) in [6.07, 6.45) is 12.3. The maximum Gasteiger partial charge on any atom is 0.410 e. The van der Waals surface area contributed by atoms with Crippen molar-refractivity contribution in [3.05, 3.63) is 121 Å². The van der Waals surface area contributed by atoms with Crippen LogP contribution in [0.2, 0.25) is 0 Å². The number of hydrogen-bond donors (Lipinski definition) is 2. The Morgan fingerprint density at radius 3 is 2.42 bits per heavy atom. The largest absolute Gasteiger partial charge is 0.459 e. The van der Waals surface area contributed by atoms with Crippen LogP contribution in [0.25, 0.3) is 0 Å². The van der Waals surface area contributed by atoms with E-state index in [0.717, 1.165) is 41.7 Å². The molecular formula is C48H59FN2O8S. The number of thioether (sulfide) groups is 1. The van der Waals surface area contributed by atoms with Crippen molar-refractivity contribution in [3.8, 4) is 17.2 Å². The van der Waals surface area contributed by atoms with Gasteiger partial charge >= 0.3 is 6.09 Å². The van der Waals surface area contributed by atoms with Crippen LogP contribution < -0.4 is 9.47 Å². The molecule has 1 heterocycles. The molecule has 1 aliphatic heterocycles. The lowest BCUT2D eigenvalue weighted by atomic mass is 9.55. The number of nitrogens with zero attached hydrogens (tertiary/aromatic N) is 2. The van der Waals surface area contributed by atoms with Crippen LogP contribution in [0.5, 0.6) is 17.2 Å². The monoisotopic (exact) mass is 842 g/mol. The second kappa shape index (κ2) is 21.8. The van der Waals surface area contributed by atoms with E-state index < -0.39 is 23.8 Å². The van der Waals surface area contributed by atoms with E-state index in [9.17, 15) is 19.4 Å². The van der Waals surface area contributed by atoms with Crippen molar-refractivity contribution >= 4 is 23.6 Å². The summed E-state index contributed by atoms with van der Waals surface area (Å²) in [4.78, 5) is 23.1. The zero-order valence-corrected chi connectivity index (χ0v) is 35.6. The number of halogens is 1. The van der Waals surface area contributed by atoms with Crippen molar-refractivity contribution in [2.45, 2.75) is 87.5 Å². The summed E-state index contributed by atoms with van der Waals surface area (Å²) in [7, 11) is 0. The lowest BCUT2D eigenvalue weighted by Gasteiger charge is -2.59. The fourth-order valence-corrected chi connectivity index (χ4v) is 9.44. The van der Waals surface area contributed by atoms with Crippen LogP contribution >= 0.6 is 11.8 Å². The second-order valence-corrected chi connectivity index (χ2v) is 16.3. The van der Waals surface area contributed by atoms with Crippen LogP contribution in [0.1, 0.15) is 75.3 Å². The highest BCUT2D eigenvalue weighted by molar-refractivity contribution is 7.98. The van der Waals surface area contributed by atoms with Gasteiger partial charge in [-0.05, 0) is 123 Å². The summed E-state index contributed by atoms with van der Waals surface area (Å²) < 4.78 is 41.0. The first-order chi connectivity index (χ1) is 29.3. The average Bonchev–Trinajstić information content (AvgIpc) is 3.26. The number of fused-ring (bicyclic) bond motifs is 2. The highest BCUT2D eigenvalue weighted by Gasteiger charge is 2.65. The molecule has 12 heteroatoms. The van der Waals surface area contributed by atoms with Gasteiger partial charge in [-0.2, -0.15) is 0 Å². The van der Waals surface area contributed by atoms with Gasteiger partial charge in [0.1, 0.15) is 35.7 Å². The lowest BCUT2D eigenvalue weighted by Crippen LogP contribution is -2.70. The summed E-state index contributed by atoms with van der Waals surface area (Å²) in [5.74, 6) is -0.563. The number of amides is 1. The van der Waals surface area contributed by atoms with Crippen LogP contribution in [0.15, 0.2) is 114 Å². The van der Waals surface area contributed by atoms with Crippen molar-refractivity contribution in [1.82, 2.24) is 4.90 Å². The number of aliphatic hydroxyl groups excluding tert-OH is 2. The van der Waals surface area contributed by atoms with E-state index in [0.29, 0.717) is 54.4 Å². The van der Waals surface area contributed by atoms with Gasteiger partial charge in [-0.1, -0.05) is 48.4 Å². The molecule has 60 heavy (non-hydrogen) atoms. The Hall–Kier alpha value is -4.62. The van der Waals surface area contributed by atoms with E-state index >= 15 is 0 Å². The number of carbonyl (C=O) groups is 1. The molecule has 2 aliphatic carbocycles. The molecule has 1 amide bonds. The fourth-order valence-electron chi connectivity index (χ4n) is 9.04. The van der Waals surface area contributed by atoms with Gasteiger partial charge in [0, 0.05) is 42.6 Å². The standard InChI is InChI=1S/C48H59FN2O8S/c1-5-8-28-55-47(54)51(32-33-15-17-35(49)18-16-33)44-31-42(50-57-7-3)40-29-34(13-9-11-25-52)39(14-10-12-26-53)45-41-30-37(58-36-19-22-38(60-4)23-20-36)21-24-43(41)59-48(44,46(40)45)56-27-6-2/h5-6,15-24,29-30,34,39,44-46,52-53H,1-2,7-14,25-28,31-32H2,3-4H3/t34-,39+,44-,45+,46+,48+/m0/s1. The molecule has 2 N–H and O–H groups in total. The molecule has 10 nitrogen and oxygen atoms in total. The first-order valence-electron chi connectivity index (χ1n) is 21.1.